The molecule has 2 heterocycles. The number of rotatable bonds is 3. The van der Waals surface area contributed by atoms with Gasteiger partial charge in [-0.3, -0.25) is 15.5 Å². The fourth-order valence-electron chi connectivity index (χ4n) is 1.70. The summed E-state index contributed by atoms with van der Waals surface area (Å²) in [7, 11) is 0. The number of carbonyl (C=O) groups excluding carboxylic acids is 1. The third-order valence-corrected chi connectivity index (χ3v) is 2.59. The van der Waals surface area contributed by atoms with E-state index >= 15 is 0 Å². The first kappa shape index (κ1) is 11.6. The number of hydrogen-bond acceptors (Lipinski definition) is 6. The lowest BCUT2D eigenvalue weighted by Gasteiger charge is -2.28. The Morgan fingerprint density at radius 3 is 2.76 bits per heavy atom. The van der Waals surface area contributed by atoms with Gasteiger partial charge >= 0.3 is 0 Å². The van der Waals surface area contributed by atoms with Crippen molar-refractivity contribution in [2.24, 2.45) is 5.73 Å². The number of ether oxygens (including phenoxy) is 1. The second kappa shape index (κ2) is 4.98. The quantitative estimate of drug-likeness (QED) is 0.631. The van der Waals surface area contributed by atoms with E-state index in [1.807, 2.05) is 10.4 Å². The smallest absolute Gasteiger partial charge is 0.252 e. The zero-order valence-electron chi connectivity index (χ0n) is 9.22. The average molecular weight is 238 g/mol. The molecule has 0 saturated carbocycles. The minimum atomic E-state index is -0.637. The standard InChI is InChI=1S/C10H14N4O3/c11-9(15)7-1-2-8(12-10(7)13-16)14-3-5-17-6-4-14/h1-2,16H,3-6H2,(H2,11,15)(H,12,13). The van der Waals surface area contributed by atoms with Gasteiger partial charge in [-0.1, -0.05) is 0 Å². The highest BCUT2D eigenvalue weighted by Gasteiger charge is 2.16. The molecular formula is C10H14N4O3. The molecule has 4 N–H and O–H groups in total. The van der Waals surface area contributed by atoms with Crippen LogP contribution in [0.25, 0.3) is 0 Å². The molecule has 7 nitrogen and oxygen atoms in total. The summed E-state index contributed by atoms with van der Waals surface area (Å²) in [6, 6.07) is 3.24. The van der Waals surface area contributed by atoms with Crippen molar-refractivity contribution in [3.8, 4) is 0 Å². The molecule has 17 heavy (non-hydrogen) atoms. The maximum atomic E-state index is 11.1. The molecule has 1 fully saturated rings. The highest BCUT2D eigenvalue weighted by Crippen LogP contribution is 2.19. The fourth-order valence-corrected chi connectivity index (χ4v) is 1.70. The third kappa shape index (κ3) is 2.45. The third-order valence-electron chi connectivity index (χ3n) is 2.59. The Bertz CT molecular complexity index is 418. The van der Waals surface area contributed by atoms with Crippen LogP contribution in [-0.4, -0.2) is 42.4 Å². The van der Waals surface area contributed by atoms with Gasteiger partial charge in [-0.05, 0) is 12.1 Å². The second-order valence-corrected chi connectivity index (χ2v) is 3.64. The number of carbonyl (C=O) groups is 1. The number of nitrogens with zero attached hydrogens (tertiary/aromatic N) is 2. The number of primary amides is 1. The van der Waals surface area contributed by atoms with Crippen molar-refractivity contribution in [1.29, 1.82) is 0 Å². The summed E-state index contributed by atoms with van der Waals surface area (Å²) in [5.74, 6) is 0.110. The monoisotopic (exact) mass is 238 g/mol. The molecule has 1 aliphatic heterocycles. The number of hydrogen-bond donors (Lipinski definition) is 3. The molecule has 0 aliphatic carbocycles. The van der Waals surface area contributed by atoms with Crippen LogP contribution in [0, 0.1) is 0 Å². The number of anilines is 2. The first-order valence-corrected chi connectivity index (χ1v) is 5.26. The fraction of sp³-hybridized carbons (Fsp3) is 0.400. The van der Waals surface area contributed by atoms with E-state index in [2.05, 4.69) is 4.98 Å². The Kier molecular flexibility index (Phi) is 3.40. The van der Waals surface area contributed by atoms with E-state index in [0.29, 0.717) is 19.0 Å². The van der Waals surface area contributed by atoms with Crippen LogP contribution in [0.15, 0.2) is 12.1 Å². The molecule has 1 amide bonds. The van der Waals surface area contributed by atoms with Crippen molar-refractivity contribution >= 4 is 17.5 Å². The Balaban J connectivity index is 2.27. The zero-order valence-corrected chi connectivity index (χ0v) is 9.22. The molecule has 92 valence electrons. The summed E-state index contributed by atoms with van der Waals surface area (Å²) >= 11 is 0. The molecule has 1 saturated heterocycles. The lowest BCUT2D eigenvalue weighted by atomic mass is 10.2. The van der Waals surface area contributed by atoms with E-state index in [9.17, 15) is 4.79 Å². The Labute approximate surface area is 98.1 Å². The highest BCUT2D eigenvalue weighted by molar-refractivity contribution is 5.97. The van der Waals surface area contributed by atoms with E-state index in [1.165, 1.54) is 0 Å². The molecule has 0 spiro atoms. The van der Waals surface area contributed by atoms with E-state index < -0.39 is 5.91 Å². The molecule has 0 bridgehead atoms. The van der Waals surface area contributed by atoms with Crippen molar-refractivity contribution < 1.29 is 14.7 Å². The summed E-state index contributed by atoms with van der Waals surface area (Å²) in [5, 5.41) is 8.93. The van der Waals surface area contributed by atoms with Crippen molar-refractivity contribution in [3.63, 3.8) is 0 Å². The van der Waals surface area contributed by atoms with Gasteiger partial charge in [0, 0.05) is 13.1 Å². The van der Waals surface area contributed by atoms with Crippen LogP contribution in [0.1, 0.15) is 10.4 Å². The number of amides is 1. The van der Waals surface area contributed by atoms with Crippen LogP contribution in [0.5, 0.6) is 0 Å². The predicted molar refractivity (Wildman–Crippen MR) is 61.2 cm³/mol. The minimum absolute atomic E-state index is 0.0708. The summed E-state index contributed by atoms with van der Waals surface area (Å²) in [6.07, 6.45) is 0. The Hall–Kier alpha value is -1.86. The number of morpholine rings is 1. The number of nitrogens with one attached hydrogen (secondary N) is 1. The molecular weight excluding hydrogens is 224 g/mol. The summed E-state index contributed by atoms with van der Waals surface area (Å²) < 4.78 is 5.23. The number of nitrogens with two attached hydrogens (primary N) is 1. The first-order chi connectivity index (χ1) is 8.22. The molecule has 2 rings (SSSR count). The molecule has 1 aromatic rings. The maximum absolute atomic E-state index is 11.1. The van der Waals surface area contributed by atoms with Gasteiger partial charge in [-0.25, -0.2) is 4.98 Å². The number of pyridine rings is 1. The predicted octanol–water partition coefficient (Wildman–Crippen LogP) is -0.182. The van der Waals surface area contributed by atoms with Crippen LogP contribution in [0.2, 0.25) is 0 Å². The largest absolute Gasteiger partial charge is 0.378 e. The second-order valence-electron chi connectivity index (χ2n) is 3.64. The zero-order chi connectivity index (χ0) is 12.3. The molecule has 0 aromatic carbocycles. The van der Waals surface area contributed by atoms with E-state index in [4.69, 9.17) is 15.7 Å². The average Bonchev–Trinajstić information content (AvgIpc) is 2.39. The van der Waals surface area contributed by atoms with Crippen LogP contribution in [0.4, 0.5) is 11.6 Å². The van der Waals surface area contributed by atoms with E-state index in [0.717, 1.165) is 13.1 Å². The summed E-state index contributed by atoms with van der Waals surface area (Å²) in [5.41, 5.74) is 7.20. The van der Waals surface area contributed by atoms with Gasteiger partial charge in [0.1, 0.15) is 5.82 Å². The van der Waals surface area contributed by atoms with Crippen LogP contribution >= 0.6 is 0 Å². The van der Waals surface area contributed by atoms with E-state index in [1.54, 1.807) is 12.1 Å². The molecule has 1 aromatic heterocycles. The molecule has 0 unspecified atom stereocenters. The number of aromatic nitrogens is 1. The molecule has 1 aliphatic rings. The Morgan fingerprint density at radius 2 is 2.18 bits per heavy atom. The van der Waals surface area contributed by atoms with Gasteiger partial charge in [-0.2, -0.15) is 0 Å². The van der Waals surface area contributed by atoms with Crippen LogP contribution < -0.4 is 16.1 Å². The summed E-state index contributed by atoms with van der Waals surface area (Å²) in [6.45, 7) is 2.74. The highest BCUT2D eigenvalue weighted by atomic mass is 16.5. The first-order valence-electron chi connectivity index (χ1n) is 5.26. The lowest BCUT2D eigenvalue weighted by Crippen LogP contribution is -2.36. The Morgan fingerprint density at radius 1 is 1.47 bits per heavy atom. The maximum Gasteiger partial charge on any atom is 0.252 e. The topological polar surface area (TPSA) is 101 Å². The van der Waals surface area contributed by atoms with Gasteiger partial charge in [0.15, 0.2) is 5.82 Å². The van der Waals surface area contributed by atoms with Crippen LogP contribution in [-0.2, 0) is 4.74 Å². The van der Waals surface area contributed by atoms with Gasteiger partial charge in [0.25, 0.3) is 5.91 Å². The lowest BCUT2D eigenvalue weighted by molar-refractivity contribution is 0.1000. The van der Waals surface area contributed by atoms with Gasteiger partial charge < -0.3 is 15.4 Å². The molecule has 0 atom stereocenters. The normalized spacial score (nSPS) is 15.7. The summed E-state index contributed by atoms with van der Waals surface area (Å²) in [4.78, 5) is 17.2. The van der Waals surface area contributed by atoms with Crippen molar-refractivity contribution in [2.45, 2.75) is 0 Å². The minimum Gasteiger partial charge on any atom is -0.378 e. The van der Waals surface area contributed by atoms with Crippen molar-refractivity contribution in [3.05, 3.63) is 17.7 Å². The van der Waals surface area contributed by atoms with E-state index in [-0.39, 0.29) is 11.4 Å². The molecule has 7 heteroatoms. The van der Waals surface area contributed by atoms with Crippen LogP contribution in [0.3, 0.4) is 0 Å². The van der Waals surface area contributed by atoms with Crippen molar-refractivity contribution in [2.75, 3.05) is 36.7 Å². The van der Waals surface area contributed by atoms with Gasteiger partial charge in [0.05, 0.1) is 18.8 Å². The molecule has 0 radical (unpaired) electrons. The van der Waals surface area contributed by atoms with Gasteiger partial charge in [-0.15, -0.1) is 0 Å². The van der Waals surface area contributed by atoms with Gasteiger partial charge in [0.2, 0.25) is 0 Å². The van der Waals surface area contributed by atoms with Crippen molar-refractivity contribution in [1.82, 2.24) is 4.98 Å². The SMILES string of the molecule is NC(=O)c1ccc(N2CCOCC2)nc1NO.